The first-order valence-electron chi connectivity index (χ1n) is 3.54. The van der Waals surface area contributed by atoms with Crippen molar-refractivity contribution in [3.63, 3.8) is 0 Å². The standard InChI is InChI=1S/C5H5.C2H5O.CH4O.CH3.2ClH.O.H2Si.Zr/c1-2-4-5-3-1;1-2-3;1-2;;;;;;/h1-3H,4H2;3H,1-2H2;2H,1H3;1H3;2*1H;;1H2;/q2*-1;;-1;;;;;. The molecule has 0 spiro atoms. The monoisotopic (exact) mass is 365 g/mol. The zero-order chi connectivity index (χ0) is 10.9. The van der Waals surface area contributed by atoms with Gasteiger partial charge in [0.2, 0.25) is 0 Å². The molecule has 0 heterocycles. The maximum atomic E-state index is 9.11. The molecule has 0 bridgehead atoms. The van der Waals surface area contributed by atoms with Crippen LogP contribution in [0.4, 0.5) is 0 Å². The van der Waals surface area contributed by atoms with Gasteiger partial charge in [-0.25, -0.2) is 12.2 Å². The molecule has 3 nitrogen and oxygen atoms in total. The molecular weight excluding hydrogens is 346 g/mol. The summed E-state index contributed by atoms with van der Waals surface area (Å²) in [5.41, 5.74) is 0. The number of aliphatic hydroxyl groups excluding tert-OH is 2. The normalized spacial score (nSPS) is 7.50. The molecule has 100 valence electrons. The number of rotatable bonds is 0. The van der Waals surface area contributed by atoms with Gasteiger partial charge >= 0.3 is 31.5 Å². The van der Waals surface area contributed by atoms with Gasteiger partial charge in [-0.3, -0.25) is 6.08 Å². The number of aliphatic hydroxyl groups is 2. The topological polar surface area (TPSA) is 57.5 Å². The van der Waals surface area contributed by atoms with Crippen LogP contribution in [0, 0.1) is 20.4 Å². The van der Waals surface area contributed by atoms with E-state index in [1.807, 2.05) is 12.2 Å². The first kappa shape index (κ1) is 36.0. The summed E-state index contributed by atoms with van der Waals surface area (Å²) in [4.78, 5) is 0. The third-order valence-electron chi connectivity index (χ3n) is 0.586. The van der Waals surface area contributed by atoms with Gasteiger partial charge in [-0.2, -0.15) is 6.08 Å². The molecule has 0 radical (unpaired) electrons. The molecule has 1 aliphatic rings. The van der Waals surface area contributed by atoms with Crippen LogP contribution in [0.15, 0.2) is 18.2 Å². The van der Waals surface area contributed by atoms with Crippen LogP contribution < -0.4 is 0 Å². The Morgan fingerprint density at radius 3 is 1.88 bits per heavy atom. The summed E-state index contributed by atoms with van der Waals surface area (Å²) in [7, 11) is 1.00. The Morgan fingerprint density at radius 1 is 1.50 bits per heavy atom. The number of hydrogen-bond donors (Lipinski definition) is 2. The van der Waals surface area contributed by atoms with E-state index in [2.05, 4.69) is 19.1 Å². The van der Waals surface area contributed by atoms with E-state index < -0.39 is 21.9 Å². The SMILES string of the molecule is CO.Cl.Cl.[C-]1=CC=CC1.[CH2-]CO.[CH3-].[O]=[Zr]=[SiH2]. The molecule has 2 N–H and O–H groups in total. The first-order chi connectivity index (χ1) is 6.33. The minimum atomic E-state index is -0.992. The van der Waals surface area contributed by atoms with E-state index in [-0.39, 0.29) is 38.8 Å². The van der Waals surface area contributed by atoms with Crippen molar-refractivity contribution in [2.75, 3.05) is 13.7 Å². The molecule has 0 aromatic carbocycles. The Balaban J connectivity index is -0.0000000208. The van der Waals surface area contributed by atoms with E-state index in [1.54, 1.807) is 6.88 Å². The number of halogens is 2. The van der Waals surface area contributed by atoms with Crippen molar-refractivity contribution in [3.8, 4) is 0 Å². The zero-order valence-electron chi connectivity index (χ0n) is 9.68. The zero-order valence-corrected chi connectivity index (χ0v) is 15.2. The van der Waals surface area contributed by atoms with Gasteiger partial charge in [0.1, 0.15) is 0 Å². The molecule has 0 unspecified atom stereocenters. The Labute approximate surface area is 125 Å². The molecule has 0 aliphatic heterocycles. The summed E-state index contributed by atoms with van der Waals surface area (Å²) in [5.74, 6) is 0. The van der Waals surface area contributed by atoms with Gasteiger partial charge in [0.25, 0.3) is 0 Å². The molecule has 0 aromatic heterocycles. The summed E-state index contributed by atoms with van der Waals surface area (Å²) in [6.07, 6.45) is 10.0. The van der Waals surface area contributed by atoms with E-state index >= 15 is 0 Å². The quantitative estimate of drug-likeness (QED) is 0.496. The van der Waals surface area contributed by atoms with Crippen LogP contribution in [0.2, 0.25) is 0 Å². The van der Waals surface area contributed by atoms with E-state index in [1.165, 1.54) is 0 Å². The van der Waals surface area contributed by atoms with Crippen LogP contribution in [0.5, 0.6) is 0 Å². The van der Waals surface area contributed by atoms with Crippen molar-refractivity contribution >= 4 is 31.7 Å². The van der Waals surface area contributed by atoms with Crippen molar-refractivity contribution < 1.29 is 34.9 Å². The summed E-state index contributed by atoms with van der Waals surface area (Å²) < 4.78 is 9.11. The van der Waals surface area contributed by atoms with Crippen LogP contribution in [0.3, 0.4) is 0 Å². The van der Waals surface area contributed by atoms with Crippen molar-refractivity contribution in [1.82, 2.24) is 0 Å². The Morgan fingerprint density at radius 2 is 1.81 bits per heavy atom. The van der Waals surface area contributed by atoms with Gasteiger partial charge in [0.05, 0.1) is 0 Å². The fourth-order valence-corrected chi connectivity index (χ4v) is 0.340. The molecule has 7 heteroatoms. The van der Waals surface area contributed by atoms with Gasteiger partial charge in [0.15, 0.2) is 0 Å². The van der Waals surface area contributed by atoms with Crippen LogP contribution in [-0.2, 0) is 24.7 Å². The second kappa shape index (κ2) is 56.6. The van der Waals surface area contributed by atoms with Crippen LogP contribution in [0.25, 0.3) is 0 Å². The molecule has 0 atom stereocenters. The van der Waals surface area contributed by atoms with Gasteiger partial charge in [-0.05, 0) is 0 Å². The van der Waals surface area contributed by atoms with Crippen molar-refractivity contribution in [2.24, 2.45) is 0 Å². The maximum absolute atomic E-state index is 9.11. The van der Waals surface area contributed by atoms with Crippen molar-refractivity contribution in [1.29, 1.82) is 0 Å². The van der Waals surface area contributed by atoms with Gasteiger partial charge in [-0.1, -0.05) is 6.61 Å². The van der Waals surface area contributed by atoms with Gasteiger partial charge in [-0.15, -0.1) is 31.2 Å². The molecule has 1 rings (SSSR count). The van der Waals surface area contributed by atoms with E-state index in [0.29, 0.717) is 0 Å². The Hall–Kier alpha value is 0.880. The average Bonchev–Trinajstić information content (AvgIpc) is 2.66. The van der Waals surface area contributed by atoms with Crippen LogP contribution >= 0.6 is 24.8 Å². The summed E-state index contributed by atoms with van der Waals surface area (Å²) in [6, 6.07) is 0. The fraction of sp³-hybridized carbons (Fsp3) is 0.333. The Kier molecular flexibility index (Phi) is 127. The van der Waals surface area contributed by atoms with Crippen molar-refractivity contribution in [2.45, 2.75) is 6.42 Å². The van der Waals surface area contributed by atoms with Gasteiger partial charge < -0.3 is 24.6 Å². The molecule has 0 aromatic rings. The molecule has 16 heavy (non-hydrogen) atoms. The Bertz CT molecular complexity index is 151. The van der Waals surface area contributed by atoms with Crippen LogP contribution in [-0.4, -0.2) is 30.8 Å². The third-order valence-corrected chi connectivity index (χ3v) is 0.586. The molecule has 0 saturated carbocycles. The van der Waals surface area contributed by atoms with Crippen LogP contribution in [0.1, 0.15) is 6.42 Å². The molecule has 0 amide bonds. The predicted octanol–water partition coefficient (Wildman–Crippen LogP) is 0.983. The molecule has 0 saturated heterocycles. The minimum absolute atomic E-state index is 0. The first-order valence-corrected chi connectivity index (χ1v) is 10.5. The van der Waals surface area contributed by atoms with E-state index in [0.717, 1.165) is 13.5 Å². The van der Waals surface area contributed by atoms with Crippen molar-refractivity contribution in [3.05, 3.63) is 38.7 Å². The summed E-state index contributed by atoms with van der Waals surface area (Å²) >= 11 is -0.992. The second-order valence-corrected chi connectivity index (χ2v) is 3.79. The summed E-state index contributed by atoms with van der Waals surface area (Å²) in [5, 5.41) is 14.5. The fourth-order valence-electron chi connectivity index (χ4n) is 0.340. The predicted molar refractivity (Wildman–Crippen MR) is 72.3 cm³/mol. The average molecular weight is 367 g/mol. The van der Waals surface area contributed by atoms with E-state index in [9.17, 15) is 0 Å². The number of hydrogen-bond acceptors (Lipinski definition) is 3. The molecule has 1 aliphatic carbocycles. The molecular formula is C9H21Cl2O3SiZr-3. The van der Waals surface area contributed by atoms with E-state index in [4.69, 9.17) is 13.0 Å². The second-order valence-electron chi connectivity index (χ2n) is 1.37. The molecule has 0 fully saturated rings. The summed E-state index contributed by atoms with van der Waals surface area (Å²) in [6.45, 7) is 4.63. The number of allylic oxidation sites excluding steroid dienone is 4. The third kappa shape index (κ3) is 82.9. The van der Waals surface area contributed by atoms with Gasteiger partial charge in [0, 0.05) is 7.11 Å².